The Morgan fingerprint density at radius 2 is 1.92 bits per heavy atom. The van der Waals surface area contributed by atoms with Gasteiger partial charge < -0.3 is 4.90 Å². The molecule has 2 rings (SSSR count). The molecule has 0 heterocycles. The fraction of sp³-hybridized carbons (Fsp3) is 0.176. The number of halogens is 2. The lowest BCUT2D eigenvalue weighted by Gasteiger charge is -2.13. The molecular formula is C17H16ClFN2O2S. The van der Waals surface area contributed by atoms with Crippen LogP contribution in [0.3, 0.4) is 0 Å². The number of nitrogens with zero attached hydrogens (tertiary/aromatic N) is 1. The molecule has 7 heteroatoms. The SMILES string of the molecule is CN(C)c1ccccc1C#CCNS(=O)(=O)c1ccc(F)c(Cl)c1. The smallest absolute Gasteiger partial charge is 0.241 e. The second-order valence-corrected chi connectivity index (χ2v) is 7.29. The molecule has 1 N–H and O–H groups in total. The van der Waals surface area contributed by atoms with Crippen molar-refractivity contribution in [2.24, 2.45) is 0 Å². The van der Waals surface area contributed by atoms with Crippen molar-refractivity contribution in [2.45, 2.75) is 4.90 Å². The van der Waals surface area contributed by atoms with Crippen LogP contribution in [-0.4, -0.2) is 29.1 Å². The van der Waals surface area contributed by atoms with E-state index in [1.54, 1.807) is 0 Å². The van der Waals surface area contributed by atoms with E-state index in [1.165, 1.54) is 0 Å². The third-order valence-corrected chi connectivity index (χ3v) is 4.85. The average Bonchev–Trinajstić information content (AvgIpc) is 2.54. The van der Waals surface area contributed by atoms with Crippen LogP contribution in [0.4, 0.5) is 10.1 Å². The van der Waals surface area contributed by atoms with E-state index in [-0.39, 0.29) is 16.5 Å². The van der Waals surface area contributed by atoms with Crippen molar-refractivity contribution in [1.82, 2.24) is 4.72 Å². The highest BCUT2D eigenvalue weighted by atomic mass is 35.5. The number of anilines is 1. The van der Waals surface area contributed by atoms with E-state index in [0.29, 0.717) is 0 Å². The van der Waals surface area contributed by atoms with Crippen molar-refractivity contribution < 1.29 is 12.8 Å². The van der Waals surface area contributed by atoms with E-state index in [9.17, 15) is 12.8 Å². The zero-order chi connectivity index (χ0) is 17.7. The van der Waals surface area contributed by atoms with Gasteiger partial charge >= 0.3 is 0 Å². The van der Waals surface area contributed by atoms with Gasteiger partial charge in [-0.15, -0.1) is 0 Å². The average molecular weight is 367 g/mol. The number of nitrogens with one attached hydrogen (secondary N) is 1. The number of hydrogen-bond acceptors (Lipinski definition) is 3. The van der Waals surface area contributed by atoms with Crippen LogP contribution in [0.1, 0.15) is 5.56 Å². The first-order valence-electron chi connectivity index (χ1n) is 7.01. The Labute approximate surface area is 146 Å². The Morgan fingerprint density at radius 3 is 2.58 bits per heavy atom. The molecule has 0 fully saturated rings. The number of hydrogen-bond donors (Lipinski definition) is 1. The van der Waals surface area contributed by atoms with Gasteiger partial charge in [-0.25, -0.2) is 12.8 Å². The molecule has 4 nitrogen and oxygen atoms in total. The number of sulfonamides is 1. The molecule has 0 saturated carbocycles. The lowest BCUT2D eigenvalue weighted by atomic mass is 10.1. The van der Waals surface area contributed by atoms with E-state index in [4.69, 9.17) is 11.6 Å². The van der Waals surface area contributed by atoms with Crippen LogP contribution in [0.25, 0.3) is 0 Å². The van der Waals surface area contributed by atoms with Crippen LogP contribution in [0.2, 0.25) is 5.02 Å². The van der Waals surface area contributed by atoms with Gasteiger partial charge in [-0.3, -0.25) is 0 Å². The van der Waals surface area contributed by atoms with E-state index in [2.05, 4.69) is 16.6 Å². The van der Waals surface area contributed by atoms with E-state index >= 15 is 0 Å². The zero-order valence-corrected chi connectivity index (χ0v) is 14.7. The van der Waals surface area contributed by atoms with Crippen molar-refractivity contribution in [3.63, 3.8) is 0 Å². The van der Waals surface area contributed by atoms with Gasteiger partial charge in [0, 0.05) is 19.7 Å². The molecule has 0 saturated heterocycles. The molecule has 0 aliphatic heterocycles. The maximum Gasteiger partial charge on any atom is 0.241 e. The van der Waals surface area contributed by atoms with Gasteiger partial charge in [0.1, 0.15) is 5.82 Å². The van der Waals surface area contributed by atoms with Gasteiger partial charge in [-0.05, 0) is 30.3 Å². The van der Waals surface area contributed by atoms with Crippen LogP contribution in [-0.2, 0) is 10.0 Å². The monoisotopic (exact) mass is 366 g/mol. The third kappa shape index (κ3) is 4.48. The van der Waals surface area contributed by atoms with Crippen molar-refractivity contribution in [3.8, 4) is 11.8 Å². The molecule has 2 aromatic carbocycles. The molecule has 0 aliphatic carbocycles. The summed E-state index contributed by atoms with van der Waals surface area (Å²) in [5.74, 6) is 5.04. The zero-order valence-electron chi connectivity index (χ0n) is 13.2. The number of benzene rings is 2. The van der Waals surface area contributed by atoms with E-state index < -0.39 is 15.8 Å². The van der Waals surface area contributed by atoms with Crippen LogP contribution in [0, 0.1) is 17.7 Å². The Kier molecular flexibility index (Phi) is 5.84. The molecule has 0 amide bonds. The Morgan fingerprint density at radius 1 is 1.21 bits per heavy atom. The molecular weight excluding hydrogens is 351 g/mol. The first-order chi connectivity index (χ1) is 11.3. The Balaban J connectivity index is 2.11. The third-order valence-electron chi connectivity index (χ3n) is 3.16. The Hall–Kier alpha value is -2.07. The second-order valence-electron chi connectivity index (χ2n) is 5.11. The summed E-state index contributed by atoms with van der Waals surface area (Å²) in [6, 6.07) is 10.8. The highest BCUT2D eigenvalue weighted by Crippen LogP contribution is 2.19. The molecule has 0 bridgehead atoms. The lowest BCUT2D eigenvalue weighted by Crippen LogP contribution is -2.24. The summed E-state index contributed by atoms with van der Waals surface area (Å²) >= 11 is 5.61. The normalized spacial score (nSPS) is 10.8. The van der Waals surface area contributed by atoms with Crippen molar-refractivity contribution in [3.05, 3.63) is 58.9 Å². The number of rotatable bonds is 4. The summed E-state index contributed by atoms with van der Waals surface area (Å²) in [4.78, 5) is 1.82. The molecule has 0 radical (unpaired) electrons. The standard InChI is InChI=1S/C17H16ClFN2O2S/c1-21(2)17-8-4-3-6-13(17)7-5-11-20-24(22,23)14-9-10-16(19)15(18)12-14/h3-4,6,8-10,12,20H,11H2,1-2H3. The van der Waals surface area contributed by atoms with Crippen LogP contribution >= 0.6 is 11.6 Å². The molecule has 0 spiro atoms. The first kappa shape index (κ1) is 18.3. The number of para-hydroxylation sites is 1. The topological polar surface area (TPSA) is 49.4 Å². The van der Waals surface area contributed by atoms with Crippen molar-refractivity contribution in [1.29, 1.82) is 0 Å². The van der Waals surface area contributed by atoms with Crippen LogP contribution in [0.5, 0.6) is 0 Å². The summed E-state index contributed by atoms with van der Waals surface area (Å²) in [7, 11) is 0.0141. The molecule has 2 aromatic rings. The minimum Gasteiger partial charge on any atom is -0.377 e. The fourth-order valence-corrected chi connectivity index (χ4v) is 3.16. The van der Waals surface area contributed by atoms with Crippen molar-refractivity contribution in [2.75, 3.05) is 25.5 Å². The maximum atomic E-state index is 13.1. The largest absolute Gasteiger partial charge is 0.377 e. The molecule has 0 aliphatic rings. The first-order valence-corrected chi connectivity index (χ1v) is 8.87. The highest BCUT2D eigenvalue weighted by molar-refractivity contribution is 7.89. The van der Waals surface area contributed by atoms with Gasteiger partial charge in [0.15, 0.2) is 0 Å². The quantitative estimate of drug-likeness (QED) is 0.846. The Bertz CT molecular complexity index is 902. The van der Waals surface area contributed by atoms with Gasteiger partial charge in [-0.2, -0.15) is 4.72 Å². The van der Waals surface area contributed by atoms with Gasteiger partial charge in [-0.1, -0.05) is 35.6 Å². The summed E-state index contributed by atoms with van der Waals surface area (Å²) < 4.78 is 39.7. The summed E-state index contributed by atoms with van der Waals surface area (Å²) in [6.07, 6.45) is 0. The minimum absolute atomic E-state index is 0.0703. The summed E-state index contributed by atoms with van der Waals surface area (Å²) in [5, 5.41) is -0.246. The molecule has 0 unspecified atom stereocenters. The van der Waals surface area contributed by atoms with Crippen molar-refractivity contribution >= 4 is 27.3 Å². The summed E-state index contributed by atoms with van der Waals surface area (Å²) in [5.41, 5.74) is 1.74. The van der Waals surface area contributed by atoms with Gasteiger partial charge in [0.2, 0.25) is 10.0 Å². The van der Waals surface area contributed by atoms with Crippen LogP contribution < -0.4 is 9.62 Å². The van der Waals surface area contributed by atoms with Gasteiger partial charge in [0.05, 0.1) is 22.2 Å². The molecule has 24 heavy (non-hydrogen) atoms. The second kappa shape index (κ2) is 7.67. The van der Waals surface area contributed by atoms with Crippen LogP contribution in [0.15, 0.2) is 47.4 Å². The maximum absolute atomic E-state index is 13.1. The van der Waals surface area contributed by atoms with E-state index in [0.717, 1.165) is 29.4 Å². The summed E-state index contributed by atoms with van der Waals surface area (Å²) in [6.45, 7) is -0.0703. The molecule has 0 atom stereocenters. The predicted octanol–water partition coefficient (Wildman–Crippen LogP) is 2.88. The lowest BCUT2D eigenvalue weighted by molar-refractivity contribution is 0.585. The minimum atomic E-state index is -3.79. The fourth-order valence-electron chi connectivity index (χ4n) is 1.97. The predicted molar refractivity (Wildman–Crippen MR) is 94.2 cm³/mol. The molecule has 0 aromatic heterocycles. The highest BCUT2D eigenvalue weighted by Gasteiger charge is 2.14. The van der Waals surface area contributed by atoms with E-state index in [1.807, 2.05) is 43.3 Å². The molecule has 126 valence electrons. The van der Waals surface area contributed by atoms with Gasteiger partial charge in [0.25, 0.3) is 0 Å².